The van der Waals surface area contributed by atoms with E-state index < -0.39 is 0 Å². The van der Waals surface area contributed by atoms with E-state index in [9.17, 15) is 4.21 Å². The van der Waals surface area contributed by atoms with Crippen LogP contribution >= 0.6 is 0 Å². The molecule has 0 aliphatic carbocycles. The van der Waals surface area contributed by atoms with Gasteiger partial charge >= 0.3 is 11.7 Å². The Bertz CT molecular complexity index is 461. The molecule has 84 valence electrons. The van der Waals surface area contributed by atoms with Gasteiger partial charge in [-0.25, -0.2) is 0 Å². The van der Waals surface area contributed by atoms with Crippen molar-refractivity contribution in [3.8, 4) is 0 Å². The normalized spacial score (nSPS) is 9.65. The summed E-state index contributed by atoms with van der Waals surface area (Å²) in [7, 11) is 0. The van der Waals surface area contributed by atoms with Gasteiger partial charge in [0, 0.05) is 4.21 Å². The lowest BCUT2D eigenvalue weighted by Crippen LogP contribution is -1.89. The van der Waals surface area contributed by atoms with Gasteiger partial charge in [-0.2, -0.15) is 0 Å². The summed E-state index contributed by atoms with van der Waals surface area (Å²) >= 11 is 0.593. The number of hydrogen-bond donors (Lipinski definition) is 0. The maximum atomic E-state index is 10.6. The molecule has 2 aromatic rings. The van der Waals surface area contributed by atoms with Crippen molar-refractivity contribution in [2.45, 2.75) is 0 Å². The Morgan fingerprint density at radius 1 is 0.882 bits per heavy atom. The molecule has 17 heavy (non-hydrogen) atoms. The first-order valence-corrected chi connectivity index (χ1v) is 6.38. The molecule has 2 heteroatoms. The topological polar surface area (TPSA) is 17.1 Å². The van der Waals surface area contributed by atoms with E-state index in [0.29, 0.717) is 17.4 Å². The standard InChI is InChI=1S/C15H13OS/c16-17-12-11-15(13-7-3-1-4-8-13)14-9-5-2-6-10-14/h1-11H,12H2/q+1. The minimum absolute atomic E-state index is 0.485. The zero-order valence-electron chi connectivity index (χ0n) is 9.37. The van der Waals surface area contributed by atoms with Gasteiger partial charge < -0.3 is 0 Å². The third kappa shape index (κ3) is 3.08. The molecule has 0 saturated carbocycles. The SMILES string of the molecule is O=[S+]CC=C(c1ccccc1)c1ccccc1. The first-order chi connectivity index (χ1) is 8.42. The monoisotopic (exact) mass is 241 g/mol. The van der Waals surface area contributed by atoms with E-state index in [2.05, 4.69) is 24.3 Å². The van der Waals surface area contributed by atoms with Gasteiger partial charge in [-0.15, -0.1) is 0 Å². The molecule has 0 radical (unpaired) electrons. The number of benzene rings is 2. The fourth-order valence-corrected chi connectivity index (χ4v) is 1.99. The highest BCUT2D eigenvalue weighted by atomic mass is 32.1. The van der Waals surface area contributed by atoms with E-state index in [0.717, 1.165) is 16.7 Å². The zero-order valence-corrected chi connectivity index (χ0v) is 10.2. The van der Waals surface area contributed by atoms with E-state index in [-0.39, 0.29) is 0 Å². The van der Waals surface area contributed by atoms with Crippen LogP contribution in [0.3, 0.4) is 0 Å². The predicted octanol–water partition coefficient (Wildman–Crippen LogP) is 3.55. The van der Waals surface area contributed by atoms with Crippen LogP contribution < -0.4 is 0 Å². The summed E-state index contributed by atoms with van der Waals surface area (Å²) in [6, 6.07) is 20.3. The molecule has 0 atom stereocenters. The quantitative estimate of drug-likeness (QED) is 0.748. The summed E-state index contributed by atoms with van der Waals surface area (Å²) < 4.78 is 10.6. The van der Waals surface area contributed by atoms with Gasteiger partial charge in [0.2, 0.25) is 5.75 Å². The Morgan fingerprint density at radius 3 is 1.76 bits per heavy atom. The van der Waals surface area contributed by atoms with Gasteiger partial charge in [-0.3, -0.25) is 0 Å². The first kappa shape index (κ1) is 11.7. The largest absolute Gasteiger partial charge is 0.463 e. The highest BCUT2D eigenvalue weighted by Gasteiger charge is 2.05. The Morgan fingerprint density at radius 2 is 1.35 bits per heavy atom. The van der Waals surface area contributed by atoms with Crippen LogP contribution in [0, 0.1) is 0 Å². The molecule has 0 fully saturated rings. The highest BCUT2D eigenvalue weighted by Crippen LogP contribution is 2.22. The van der Waals surface area contributed by atoms with Crippen molar-refractivity contribution in [2.75, 3.05) is 5.75 Å². The molecule has 0 bridgehead atoms. The van der Waals surface area contributed by atoms with Gasteiger partial charge in [0.05, 0.1) is 0 Å². The second kappa shape index (κ2) is 6.06. The predicted molar refractivity (Wildman–Crippen MR) is 72.9 cm³/mol. The minimum Gasteiger partial charge on any atom is -0.0622 e. The fraction of sp³-hybridized carbons (Fsp3) is 0.0667. The van der Waals surface area contributed by atoms with Crippen molar-refractivity contribution in [1.82, 2.24) is 0 Å². The lowest BCUT2D eigenvalue weighted by atomic mass is 9.98. The van der Waals surface area contributed by atoms with Crippen LogP contribution in [0.4, 0.5) is 0 Å². The van der Waals surface area contributed by atoms with E-state index >= 15 is 0 Å². The van der Waals surface area contributed by atoms with E-state index in [4.69, 9.17) is 0 Å². The summed E-state index contributed by atoms with van der Waals surface area (Å²) in [5.74, 6) is 0.485. The molecule has 0 aliphatic heterocycles. The van der Waals surface area contributed by atoms with Gasteiger partial charge in [0.15, 0.2) is 0 Å². The van der Waals surface area contributed by atoms with Crippen LogP contribution in [-0.2, 0) is 15.9 Å². The highest BCUT2D eigenvalue weighted by molar-refractivity contribution is 7.65. The third-order valence-electron chi connectivity index (χ3n) is 2.53. The summed E-state index contributed by atoms with van der Waals surface area (Å²) in [6.45, 7) is 0. The van der Waals surface area contributed by atoms with Crippen LogP contribution in [0.5, 0.6) is 0 Å². The molecule has 0 aromatic heterocycles. The van der Waals surface area contributed by atoms with Crippen LogP contribution in [0.2, 0.25) is 0 Å². The average Bonchev–Trinajstić information content (AvgIpc) is 2.42. The Balaban J connectivity index is 2.43. The molecule has 0 spiro atoms. The summed E-state index contributed by atoms with van der Waals surface area (Å²) in [6.07, 6.45) is 1.99. The Labute approximate surface area is 105 Å². The summed E-state index contributed by atoms with van der Waals surface area (Å²) in [5, 5.41) is 0. The first-order valence-electron chi connectivity index (χ1n) is 5.47. The summed E-state index contributed by atoms with van der Waals surface area (Å²) in [5.41, 5.74) is 3.41. The van der Waals surface area contributed by atoms with Crippen LogP contribution in [-0.4, -0.2) is 5.75 Å². The smallest absolute Gasteiger partial charge is 0.0622 e. The van der Waals surface area contributed by atoms with Gasteiger partial charge in [-0.1, -0.05) is 60.7 Å². The zero-order chi connectivity index (χ0) is 11.9. The van der Waals surface area contributed by atoms with Crippen LogP contribution in [0.25, 0.3) is 5.57 Å². The molecule has 0 aliphatic rings. The maximum Gasteiger partial charge on any atom is 0.463 e. The summed E-state index contributed by atoms with van der Waals surface area (Å²) in [4.78, 5) is 0. The second-order valence-electron chi connectivity index (χ2n) is 3.63. The molecule has 0 unspecified atom stereocenters. The lowest BCUT2D eigenvalue weighted by Gasteiger charge is -2.06. The van der Waals surface area contributed by atoms with Crippen molar-refractivity contribution in [3.63, 3.8) is 0 Å². The van der Waals surface area contributed by atoms with Crippen molar-refractivity contribution < 1.29 is 4.21 Å². The van der Waals surface area contributed by atoms with Gasteiger partial charge in [0.1, 0.15) is 0 Å². The maximum absolute atomic E-state index is 10.6. The van der Waals surface area contributed by atoms with Crippen molar-refractivity contribution >= 4 is 17.2 Å². The molecule has 1 nitrogen and oxygen atoms in total. The molecule has 0 N–H and O–H groups in total. The Hall–Kier alpha value is -1.80. The van der Waals surface area contributed by atoms with Gasteiger partial charge in [-0.05, 0) is 22.8 Å². The van der Waals surface area contributed by atoms with Crippen LogP contribution in [0.15, 0.2) is 66.7 Å². The molecular formula is C15H13OS+. The Kier molecular flexibility index (Phi) is 4.17. The average molecular weight is 241 g/mol. The number of hydrogen-bond acceptors (Lipinski definition) is 1. The van der Waals surface area contributed by atoms with E-state index in [1.807, 2.05) is 42.5 Å². The van der Waals surface area contributed by atoms with Crippen molar-refractivity contribution in [3.05, 3.63) is 77.9 Å². The third-order valence-corrected chi connectivity index (χ3v) is 2.83. The molecule has 0 amide bonds. The van der Waals surface area contributed by atoms with Crippen LogP contribution in [0.1, 0.15) is 11.1 Å². The van der Waals surface area contributed by atoms with Gasteiger partial charge in [0.25, 0.3) is 0 Å². The second-order valence-corrected chi connectivity index (χ2v) is 4.20. The molecule has 0 heterocycles. The van der Waals surface area contributed by atoms with E-state index in [1.165, 1.54) is 0 Å². The van der Waals surface area contributed by atoms with Crippen molar-refractivity contribution in [2.24, 2.45) is 0 Å². The van der Waals surface area contributed by atoms with E-state index in [1.54, 1.807) is 0 Å². The number of rotatable bonds is 4. The lowest BCUT2D eigenvalue weighted by molar-refractivity contribution is 0.606. The fourth-order valence-electron chi connectivity index (χ4n) is 1.76. The van der Waals surface area contributed by atoms with Crippen molar-refractivity contribution in [1.29, 1.82) is 0 Å². The molecule has 2 aromatic carbocycles. The molecular weight excluding hydrogens is 228 g/mol. The minimum atomic E-state index is 0.485. The molecule has 2 rings (SSSR count). The molecule has 0 saturated heterocycles.